The molecule has 0 aromatic rings. The van der Waals surface area contributed by atoms with E-state index in [1.54, 1.807) is 0 Å². The molecule has 112 valence electrons. The van der Waals surface area contributed by atoms with E-state index in [0.717, 1.165) is 25.7 Å². The molecule has 0 heterocycles. The number of hydrogen-bond donors (Lipinski definition) is 0. The van der Waals surface area contributed by atoms with Gasteiger partial charge in [0.15, 0.2) is 0 Å². The van der Waals surface area contributed by atoms with Gasteiger partial charge in [-0.05, 0) is 19.3 Å². The van der Waals surface area contributed by atoms with Crippen molar-refractivity contribution in [2.24, 2.45) is 0 Å². The topological polar surface area (TPSA) is 44.8 Å². The van der Waals surface area contributed by atoms with Crippen LogP contribution in [0.3, 0.4) is 0 Å². The van der Waals surface area contributed by atoms with Crippen LogP contribution in [0, 0.1) is 0 Å². The fraction of sp³-hybridized carbons (Fsp3) is 0.786. The van der Waals surface area contributed by atoms with Crippen LogP contribution < -0.4 is 0 Å². The van der Waals surface area contributed by atoms with Gasteiger partial charge in [0.25, 0.3) is 0 Å². The zero-order chi connectivity index (χ0) is 14.5. The molecule has 0 amide bonds. The number of rotatable bonds is 12. The molecular weight excluding hydrogens is 260 g/mol. The predicted octanol–water partition coefficient (Wildman–Crippen LogP) is 2.89. The normalized spacial score (nSPS) is 12.4. The molecule has 4 nitrogen and oxygen atoms in total. The minimum Gasteiger partial charge on any atom is -0.458 e. The molecule has 0 saturated heterocycles. The van der Waals surface area contributed by atoms with Gasteiger partial charge in [-0.15, -0.1) is 0 Å². The predicted molar refractivity (Wildman–Crippen MR) is 79.2 cm³/mol. The highest BCUT2D eigenvalue weighted by atomic mass is 28.3. The summed E-state index contributed by atoms with van der Waals surface area (Å²) in [6.07, 6.45) is 6.08. The van der Waals surface area contributed by atoms with Crippen LogP contribution >= 0.6 is 0 Å². The molecule has 0 aliphatic carbocycles. The third-order valence-electron chi connectivity index (χ3n) is 2.70. The Balaban J connectivity index is 4.36. The number of hydrogen-bond acceptors (Lipinski definition) is 4. The Kier molecular flexibility index (Phi) is 12.0. The number of carbonyl (C=O) groups is 1. The van der Waals surface area contributed by atoms with E-state index in [2.05, 4.69) is 20.4 Å². The van der Waals surface area contributed by atoms with Crippen LogP contribution in [0.5, 0.6) is 0 Å². The summed E-state index contributed by atoms with van der Waals surface area (Å²) < 4.78 is 17.0. The molecule has 0 spiro atoms. The second-order valence-electron chi connectivity index (χ2n) is 4.40. The van der Waals surface area contributed by atoms with Crippen LogP contribution in [-0.4, -0.2) is 34.2 Å². The Morgan fingerprint density at radius 3 is 2.05 bits per heavy atom. The quantitative estimate of drug-likeness (QED) is 0.240. The zero-order valence-corrected chi connectivity index (χ0v) is 13.7. The van der Waals surface area contributed by atoms with E-state index in [4.69, 9.17) is 13.6 Å². The SMILES string of the molecule is C=CC(=O)OC(CC)[SiH](OCCCC)OCCCC. The molecule has 19 heavy (non-hydrogen) atoms. The Morgan fingerprint density at radius 1 is 1.16 bits per heavy atom. The summed E-state index contributed by atoms with van der Waals surface area (Å²) in [5.41, 5.74) is -0.237. The van der Waals surface area contributed by atoms with Gasteiger partial charge in [0, 0.05) is 19.3 Å². The lowest BCUT2D eigenvalue weighted by Crippen LogP contribution is -2.40. The van der Waals surface area contributed by atoms with Crippen molar-refractivity contribution in [2.75, 3.05) is 13.2 Å². The summed E-state index contributed by atoms with van der Waals surface area (Å²) in [5, 5.41) is 0. The van der Waals surface area contributed by atoms with Crippen molar-refractivity contribution in [3.63, 3.8) is 0 Å². The van der Waals surface area contributed by atoms with Crippen molar-refractivity contribution in [1.29, 1.82) is 0 Å². The van der Waals surface area contributed by atoms with Gasteiger partial charge in [-0.1, -0.05) is 40.2 Å². The number of ether oxygens (including phenoxy) is 1. The first-order valence-corrected chi connectivity index (χ1v) is 8.86. The van der Waals surface area contributed by atoms with Crippen LogP contribution in [0.2, 0.25) is 0 Å². The maximum atomic E-state index is 11.3. The lowest BCUT2D eigenvalue weighted by molar-refractivity contribution is -0.141. The second kappa shape index (κ2) is 12.4. The van der Waals surface area contributed by atoms with Crippen molar-refractivity contribution in [2.45, 2.75) is 58.6 Å². The van der Waals surface area contributed by atoms with E-state index in [-0.39, 0.29) is 5.73 Å². The van der Waals surface area contributed by atoms with E-state index in [1.165, 1.54) is 6.08 Å². The second-order valence-corrected chi connectivity index (χ2v) is 6.55. The van der Waals surface area contributed by atoms with Gasteiger partial charge >= 0.3 is 15.3 Å². The molecule has 0 radical (unpaired) electrons. The van der Waals surface area contributed by atoms with Crippen molar-refractivity contribution in [1.82, 2.24) is 0 Å². The van der Waals surface area contributed by atoms with Gasteiger partial charge in [-0.2, -0.15) is 0 Å². The van der Waals surface area contributed by atoms with E-state index < -0.39 is 15.3 Å². The maximum Gasteiger partial charge on any atom is 0.363 e. The average Bonchev–Trinajstić information content (AvgIpc) is 2.43. The fourth-order valence-electron chi connectivity index (χ4n) is 1.48. The van der Waals surface area contributed by atoms with Crippen molar-refractivity contribution in [3.8, 4) is 0 Å². The van der Waals surface area contributed by atoms with Gasteiger partial charge in [0.2, 0.25) is 0 Å². The monoisotopic (exact) mass is 288 g/mol. The van der Waals surface area contributed by atoms with Crippen LogP contribution in [0.4, 0.5) is 0 Å². The first-order chi connectivity index (χ1) is 9.19. The summed E-state index contributed by atoms with van der Waals surface area (Å²) in [4.78, 5) is 11.3. The van der Waals surface area contributed by atoms with Crippen LogP contribution in [-0.2, 0) is 18.4 Å². The van der Waals surface area contributed by atoms with Crippen LogP contribution in [0.25, 0.3) is 0 Å². The van der Waals surface area contributed by atoms with E-state index in [1.807, 2.05) is 6.92 Å². The van der Waals surface area contributed by atoms with Crippen molar-refractivity contribution >= 4 is 15.3 Å². The molecule has 0 aliphatic heterocycles. The number of carbonyl (C=O) groups excluding carboxylic acids is 1. The molecular formula is C14H28O4Si. The summed E-state index contributed by atoms with van der Waals surface area (Å²) in [5.74, 6) is -0.400. The van der Waals surface area contributed by atoms with Crippen LogP contribution in [0.15, 0.2) is 12.7 Å². The van der Waals surface area contributed by atoms with Crippen molar-refractivity contribution < 1.29 is 18.4 Å². The Hall–Kier alpha value is -0.653. The van der Waals surface area contributed by atoms with Gasteiger partial charge in [-0.3, -0.25) is 0 Å². The molecule has 0 aromatic heterocycles. The van der Waals surface area contributed by atoms with E-state index in [9.17, 15) is 4.79 Å². The molecule has 0 aromatic carbocycles. The lowest BCUT2D eigenvalue weighted by atomic mass is 10.4. The lowest BCUT2D eigenvalue weighted by Gasteiger charge is -2.24. The molecule has 0 aliphatic rings. The van der Waals surface area contributed by atoms with Gasteiger partial charge < -0.3 is 13.6 Å². The third kappa shape index (κ3) is 8.97. The zero-order valence-electron chi connectivity index (χ0n) is 12.5. The van der Waals surface area contributed by atoms with Gasteiger partial charge in [-0.25, -0.2) is 4.79 Å². The first kappa shape index (κ1) is 18.3. The minimum atomic E-state index is -1.97. The summed E-state index contributed by atoms with van der Waals surface area (Å²) in [6.45, 7) is 11.0. The van der Waals surface area contributed by atoms with Gasteiger partial charge in [0.1, 0.15) is 5.73 Å². The third-order valence-corrected chi connectivity index (χ3v) is 5.04. The minimum absolute atomic E-state index is 0.237. The maximum absolute atomic E-state index is 11.3. The first-order valence-electron chi connectivity index (χ1n) is 7.25. The largest absolute Gasteiger partial charge is 0.458 e. The molecule has 5 heteroatoms. The molecule has 0 rings (SSSR count). The van der Waals surface area contributed by atoms with Gasteiger partial charge in [0.05, 0.1) is 0 Å². The molecule has 0 bridgehead atoms. The summed E-state index contributed by atoms with van der Waals surface area (Å²) in [6, 6.07) is 0. The summed E-state index contributed by atoms with van der Waals surface area (Å²) in [7, 11) is -1.97. The Morgan fingerprint density at radius 2 is 1.68 bits per heavy atom. The van der Waals surface area contributed by atoms with E-state index >= 15 is 0 Å². The van der Waals surface area contributed by atoms with E-state index in [0.29, 0.717) is 19.6 Å². The number of esters is 1. The average molecular weight is 288 g/mol. The fourth-order valence-corrected chi connectivity index (χ4v) is 3.43. The molecule has 1 atom stereocenters. The van der Waals surface area contributed by atoms with Crippen molar-refractivity contribution in [3.05, 3.63) is 12.7 Å². The highest BCUT2D eigenvalue weighted by Gasteiger charge is 2.28. The highest BCUT2D eigenvalue weighted by Crippen LogP contribution is 2.09. The standard InChI is InChI=1S/C14H28O4Si/c1-5-9-11-16-19(17-12-10-6-2)14(8-4)18-13(15)7-3/h7,14,19H,3,5-6,8-12H2,1-2,4H3. The Bertz CT molecular complexity index is 236. The molecule has 0 fully saturated rings. The number of unbranched alkanes of at least 4 members (excludes halogenated alkanes) is 2. The highest BCUT2D eigenvalue weighted by molar-refractivity contribution is 6.46. The molecule has 0 N–H and O–H groups in total. The van der Waals surface area contributed by atoms with Crippen LogP contribution in [0.1, 0.15) is 52.9 Å². The molecule has 0 saturated carbocycles. The smallest absolute Gasteiger partial charge is 0.363 e. The Labute approximate surface area is 119 Å². The molecule has 1 unspecified atom stereocenters. The summed E-state index contributed by atoms with van der Waals surface area (Å²) >= 11 is 0.